The molecule has 130 valence electrons. The van der Waals surface area contributed by atoms with Crippen LogP contribution in [0.25, 0.3) is 0 Å². The first-order valence-corrected chi connectivity index (χ1v) is 6.99. The molecule has 1 fully saturated rings. The normalized spacial score (nSPS) is 24.7. The molecule has 10 nitrogen and oxygen atoms in total. The van der Waals surface area contributed by atoms with Gasteiger partial charge in [0.1, 0.15) is 5.54 Å². The number of aliphatic carboxylic acids is 1. The van der Waals surface area contributed by atoms with Gasteiger partial charge in [-0.05, 0) is 25.6 Å². The molecule has 0 aromatic heterocycles. The molecule has 0 saturated carbocycles. The second kappa shape index (κ2) is 9.38. The monoisotopic (exact) mass is 331 g/mol. The van der Waals surface area contributed by atoms with Gasteiger partial charge >= 0.3 is 19.2 Å². The lowest BCUT2D eigenvalue weighted by molar-refractivity contribution is -0.191. The van der Waals surface area contributed by atoms with E-state index in [1.54, 1.807) is 0 Å². The number of rotatable bonds is 5. The summed E-state index contributed by atoms with van der Waals surface area (Å²) in [6.45, 7) is 1.78. The lowest BCUT2D eigenvalue weighted by Gasteiger charge is -2.42. The first-order chi connectivity index (χ1) is 10.6. The molecular weight excluding hydrogens is 309 g/mol. The molecule has 7 N–H and O–H groups in total. The Morgan fingerprint density at radius 3 is 2.35 bits per heavy atom. The van der Waals surface area contributed by atoms with Crippen LogP contribution in [0.4, 0.5) is 0 Å². The van der Waals surface area contributed by atoms with Crippen LogP contribution in [0.1, 0.15) is 19.8 Å². The van der Waals surface area contributed by atoms with Gasteiger partial charge in [0.05, 0.1) is 6.04 Å². The van der Waals surface area contributed by atoms with Crippen molar-refractivity contribution in [3.8, 4) is 0 Å². The van der Waals surface area contributed by atoms with Crippen molar-refractivity contribution in [3.63, 3.8) is 0 Å². The van der Waals surface area contributed by atoms with Gasteiger partial charge in [-0.3, -0.25) is 9.59 Å². The van der Waals surface area contributed by atoms with Crippen LogP contribution in [0.5, 0.6) is 0 Å². The molecule has 11 heteroatoms. The second-order valence-corrected chi connectivity index (χ2v) is 5.68. The van der Waals surface area contributed by atoms with Crippen LogP contribution in [0, 0.1) is 5.92 Å². The van der Waals surface area contributed by atoms with E-state index < -0.39 is 24.7 Å². The molecule has 3 atom stereocenters. The highest BCUT2D eigenvalue weighted by Gasteiger charge is 2.44. The highest BCUT2D eigenvalue weighted by Crippen LogP contribution is 2.28. The Hall–Kier alpha value is -1.78. The SMILES string of the molecule is C[C@H](N)C(=O)N1C[C@@H](CCB(O)O)C[C@](N)(C(=O)O)C1.O=C=O. The Bertz CT molecular complexity index is 454. The summed E-state index contributed by atoms with van der Waals surface area (Å²) in [6, 6.07) is -0.727. The standard InChI is InChI=1S/C11H22BN3O5.CO2/c1-7(13)9(16)15-5-8(2-3-12(19)20)4-11(14,6-15)10(17)18;2-1-3/h7-8,19-20H,2-6,13-14H2,1H3,(H,17,18);/t7-,8-,11+;/m0./s1. The summed E-state index contributed by atoms with van der Waals surface area (Å²) in [5.41, 5.74) is 9.89. The molecular formula is C12H22BN3O7. The van der Waals surface area contributed by atoms with Crippen LogP contribution in [0.3, 0.4) is 0 Å². The van der Waals surface area contributed by atoms with Crippen LogP contribution in [0.15, 0.2) is 0 Å². The zero-order chi connectivity index (χ0) is 18.2. The van der Waals surface area contributed by atoms with Crippen molar-refractivity contribution in [2.45, 2.75) is 37.7 Å². The topological polar surface area (TPSA) is 184 Å². The van der Waals surface area contributed by atoms with E-state index >= 15 is 0 Å². The van der Waals surface area contributed by atoms with Gasteiger partial charge < -0.3 is 31.5 Å². The van der Waals surface area contributed by atoms with Gasteiger partial charge in [-0.15, -0.1) is 0 Å². The number of nitrogens with two attached hydrogens (primary N) is 2. The van der Waals surface area contributed by atoms with E-state index in [-0.39, 0.29) is 37.3 Å². The van der Waals surface area contributed by atoms with E-state index in [1.165, 1.54) is 11.8 Å². The van der Waals surface area contributed by atoms with Crippen LogP contribution in [0.2, 0.25) is 6.32 Å². The maximum atomic E-state index is 11.9. The molecule has 23 heavy (non-hydrogen) atoms. The van der Waals surface area contributed by atoms with E-state index in [1.807, 2.05) is 0 Å². The average molecular weight is 331 g/mol. The van der Waals surface area contributed by atoms with Gasteiger partial charge in [0.25, 0.3) is 0 Å². The maximum Gasteiger partial charge on any atom is 0.451 e. The molecule has 1 aliphatic rings. The fourth-order valence-corrected chi connectivity index (χ4v) is 2.55. The third-order valence-corrected chi connectivity index (χ3v) is 3.56. The number of carboxylic acids is 1. The van der Waals surface area contributed by atoms with E-state index in [2.05, 4.69) is 0 Å². The van der Waals surface area contributed by atoms with Gasteiger partial charge in [0.2, 0.25) is 5.91 Å². The van der Waals surface area contributed by atoms with Crippen LogP contribution >= 0.6 is 0 Å². The van der Waals surface area contributed by atoms with Gasteiger partial charge in [0.15, 0.2) is 0 Å². The number of hydrogen-bond donors (Lipinski definition) is 5. The molecule has 1 aliphatic heterocycles. The Labute approximate surface area is 133 Å². The Morgan fingerprint density at radius 1 is 1.43 bits per heavy atom. The summed E-state index contributed by atoms with van der Waals surface area (Å²) in [4.78, 5) is 40.9. The summed E-state index contributed by atoms with van der Waals surface area (Å²) < 4.78 is 0. The number of carbonyl (C=O) groups excluding carboxylic acids is 3. The Balaban J connectivity index is 0.00000149. The average Bonchev–Trinajstić information content (AvgIpc) is 2.44. The summed E-state index contributed by atoms with van der Waals surface area (Å²) in [5, 5.41) is 27.0. The fourth-order valence-electron chi connectivity index (χ4n) is 2.55. The Morgan fingerprint density at radius 2 is 1.96 bits per heavy atom. The first-order valence-electron chi connectivity index (χ1n) is 6.99. The molecule has 0 unspecified atom stereocenters. The van der Waals surface area contributed by atoms with Gasteiger partial charge in [-0.25, -0.2) is 0 Å². The van der Waals surface area contributed by atoms with Gasteiger partial charge in [-0.2, -0.15) is 9.59 Å². The summed E-state index contributed by atoms with van der Waals surface area (Å²) >= 11 is 0. The van der Waals surface area contributed by atoms with E-state index in [9.17, 15) is 14.7 Å². The minimum absolute atomic E-state index is 0.0825. The quantitative estimate of drug-likeness (QED) is 0.333. The van der Waals surface area contributed by atoms with E-state index in [0.717, 1.165) is 0 Å². The van der Waals surface area contributed by atoms with Crippen molar-refractivity contribution in [2.24, 2.45) is 17.4 Å². The second-order valence-electron chi connectivity index (χ2n) is 5.68. The molecule has 1 heterocycles. The maximum absolute atomic E-state index is 11.9. The molecule has 0 spiro atoms. The predicted molar refractivity (Wildman–Crippen MR) is 77.5 cm³/mol. The summed E-state index contributed by atoms with van der Waals surface area (Å²) in [7, 11) is -1.45. The number of likely N-dealkylation sites (tertiary alicyclic amines) is 1. The lowest BCUT2D eigenvalue weighted by atomic mass is 9.75. The molecule has 0 aliphatic carbocycles. The predicted octanol–water partition coefficient (Wildman–Crippen LogP) is -2.76. The van der Waals surface area contributed by atoms with Crippen molar-refractivity contribution in [1.29, 1.82) is 0 Å². The fraction of sp³-hybridized carbons (Fsp3) is 0.750. The highest BCUT2D eigenvalue weighted by atomic mass is 16.4. The summed E-state index contributed by atoms with van der Waals surface area (Å²) in [6.07, 6.45) is 0.936. The molecule has 1 saturated heterocycles. The van der Waals surface area contributed by atoms with Crippen molar-refractivity contribution < 1.29 is 34.3 Å². The molecule has 0 bridgehead atoms. The molecule has 1 amide bonds. The number of carbonyl (C=O) groups is 2. The minimum atomic E-state index is -1.52. The van der Waals surface area contributed by atoms with E-state index in [0.29, 0.717) is 13.0 Å². The number of carboxylic acid groups (broad SMARTS) is 1. The van der Waals surface area contributed by atoms with E-state index in [4.69, 9.17) is 31.1 Å². The van der Waals surface area contributed by atoms with Gasteiger partial charge in [0, 0.05) is 13.1 Å². The van der Waals surface area contributed by atoms with Crippen molar-refractivity contribution in [2.75, 3.05) is 13.1 Å². The Kier molecular flexibility index (Phi) is 8.66. The minimum Gasteiger partial charge on any atom is -0.480 e. The zero-order valence-corrected chi connectivity index (χ0v) is 12.8. The van der Waals surface area contributed by atoms with Crippen LogP contribution < -0.4 is 11.5 Å². The van der Waals surface area contributed by atoms with Crippen molar-refractivity contribution in [1.82, 2.24) is 4.90 Å². The number of nitrogens with zero attached hydrogens (tertiary/aromatic N) is 1. The number of hydrogen-bond acceptors (Lipinski definition) is 8. The highest BCUT2D eigenvalue weighted by molar-refractivity contribution is 6.40. The first kappa shape index (κ1) is 21.2. The van der Waals surface area contributed by atoms with Gasteiger partial charge in [-0.1, -0.05) is 6.42 Å². The third-order valence-electron chi connectivity index (χ3n) is 3.56. The third kappa shape index (κ3) is 6.89. The smallest absolute Gasteiger partial charge is 0.451 e. The van der Waals surface area contributed by atoms with Crippen molar-refractivity contribution in [3.05, 3.63) is 0 Å². The molecule has 1 rings (SSSR count). The molecule has 0 radical (unpaired) electrons. The van der Waals surface area contributed by atoms with Crippen molar-refractivity contribution >= 4 is 25.1 Å². The van der Waals surface area contributed by atoms with Crippen LogP contribution in [-0.2, 0) is 19.2 Å². The number of piperidine rings is 1. The van der Waals surface area contributed by atoms with Crippen LogP contribution in [-0.4, -0.2) is 69.9 Å². The summed E-state index contributed by atoms with van der Waals surface area (Å²) in [5.74, 6) is -1.72. The molecule has 0 aromatic carbocycles. The number of amides is 1. The molecule has 0 aromatic rings. The zero-order valence-electron chi connectivity index (χ0n) is 12.8. The largest absolute Gasteiger partial charge is 0.480 e. The lowest BCUT2D eigenvalue weighted by Crippen LogP contribution is -2.64.